The lowest BCUT2D eigenvalue weighted by atomic mass is 10.0. The highest BCUT2D eigenvalue weighted by atomic mass is 16.2. The van der Waals surface area contributed by atoms with Crippen molar-refractivity contribution in [2.45, 2.75) is 66.7 Å². The first-order chi connectivity index (χ1) is 17.8. The van der Waals surface area contributed by atoms with E-state index < -0.39 is 0 Å². The number of hydrogen-bond acceptors (Lipinski definition) is 7. The summed E-state index contributed by atoms with van der Waals surface area (Å²) >= 11 is 0. The summed E-state index contributed by atoms with van der Waals surface area (Å²) in [4.78, 5) is 26.9. The number of nitrogens with one attached hydrogen (secondary N) is 1. The van der Waals surface area contributed by atoms with Crippen LogP contribution in [0.1, 0.15) is 75.9 Å². The molecule has 1 saturated heterocycles. The van der Waals surface area contributed by atoms with Crippen molar-refractivity contribution in [3.05, 3.63) is 53.5 Å². The zero-order chi connectivity index (χ0) is 26.8. The van der Waals surface area contributed by atoms with Crippen LogP contribution in [0.25, 0.3) is 0 Å². The molecule has 1 aromatic carbocycles. The van der Waals surface area contributed by atoms with Gasteiger partial charge in [0.1, 0.15) is 0 Å². The van der Waals surface area contributed by atoms with Crippen LogP contribution in [0.3, 0.4) is 0 Å². The second-order valence-electron chi connectivity index (χ2n) is 10.2. The molecule has 2 heterocycles. The van der Waals surface area contributed by atoms with E-state index in [1.54, 1.807) is 11.2 Å². The first-order valence-corrected chi connectivity index (χ1v) is 13.7. The number of amides is 1. The standard InChI is InChI=1S/C29H45N7O/c1-6-22(3)14-17-35(28(37)27-19-32-29(31-7-2)33-24(27)5)25-12-11-13-26(18-25)36(30)21-23(4)20-34-15-9-8-10-16-34/h11-13,18-19,21-22H,6-10,14-17,20,30H2,1-5H3,(H,31,32,33)/b23-21+. The van der Waals surface area contributed by atoms with E-state index in [0.29, 0.717) is 29.7 Å². The van der Waals surface area contributed by atoms with Crippen LogP contribution >= 0.6 is 0 Å². The van der Waals surface area contributed by atoms with Crippen molar-refractivity contribution < 1.29 is 4.79 Å². The van der Waals surface area contributed by atoms with Gasteiger partial charge < -0.3 is 10.2 Å². The van der Waals surface area contributed by atoms with E-state index in [1.165, 1.54) is 24.8 Å². The van der Waals surface area contributed by atoms with Crippen LogP contribution in [-0.4, -0.2) is 53.5 Å². The molecule has 3 N–H and O–H groups in total. The molecule has 3 rings (SSSR count). The van der Waals surface area contributed by atoms with Gasteiger partial charge in [0.15, 0.2) is 0 Å². The average Bonchev–Trinajstić information content (AvgIpc) is 2.89. The van der Waals surface area contributed by atoms with Crippen LogP contribution in [0.15, 0.2) is 42.2 Å². The number of anilines is 3. The summed E-state index contributed by atoms with van der Waals surface area (Å²) in [7, 11) is 0. The van der Waals surface area contributed by atoms with E-state index in [-0.39, 0.29) is 5.91 Å². The van der Waals surface area contributed by atoms with Crippen molar-refractivity contribution in [3.63, 3.8) is 0 Å². The highest BCUT2D eigenvalue weighted by molar-refractivity contribution is 6.06. The predicted molar refractivity (Wildman–Crippen MR) is 154 cm³/mol. The monoisotopic (exact) mass is 507 g/mol. The molecule has 1 atom stereocenters. The van der Waals surface area contributed by atoms with Crippen LogP contribution < -0.4 is 21.1 Å². The highest BCUT2D eigenvalue weighted by Crippen LogP contribution is 2.25. The maximum Gasteiger partial charge on any atom is 0.261 e. The molecular formula is C29H45N7O. The highest BCUT2D eigenvalue weighted by Gasteiger charge is 2.22. The van der Waals surface area contributed by atoms with Gasteiger partial charge in [-0.2, -0.15) is 0 Å². The van der Waals surface area contributed by atoms with Gasteiger partial charge in [-0.15, -0.1) is 0 Å². The Morgan fingerprint density at radius 3 is 2.62 bits per heavy atom. The lowest BCUT2D eigenvalue weighted by Gasteiger charge is -2.28. The molecule has 8 nitrogen and oxygen atoms in total. The molecule has 202 valence electrons. The number of benzene rings is 1. The van der Waals surface area contributed by atoms with Crippen molar-refractivity contribution in [3.8, 4) is 0 Å². The van der Waals surface area contributed by atoms with Crippen LogP contribution in [0.4, 0.5) is 17.3 Å². The molecule has 1 amide bonds. The summed E-state index contributed by atoms with van der Waals surface area (Å²) in [6.45, 7) is 14.9. The van der Waals surface area contributed by atoms with Crippen LogP contribution in [0.5, 0.6) is 0 Å². The number of aromatic nitrogens is 2. The Bertz CT molecular complexity index is 1050. The van der Waals surface area contributed by atoms with Gasteiger partial charge in [-0.25, -0.2) is 15.8 Å². The SMILES string of the molecule is CCNc1ncc(C(=O)N(CCC(C)CC)c2cccc(N(N)/C=C(\C)CN3CCCCC3)c2)c(C)n1. The molecule has 8 heteroatoms. The van der Waals surface area contributed by atoms with Gasteiger partial charge in [0.05, 0.1) is 16.9 Å². The third kappa shape index (κ3) is 8.27. The van der Waals surface area contributed by atoms with Gasteiger partial charge in [-0.3, -0.25) is 14.7 Å². The fourth-order valence-electron chi connectivity index (χ4n) is 4.61. The van der Waals surface area contributed by atoms with E-state index in [1.807, 2.05) is 49.2 Å². The number of likely N-dealkylation sites (tertiary alicyclic amines) is 1. The van der Waals surface area contributed by atoms with E-state index in [2.05, 4.69) is 41.0 Å². The molecule has 1 aliphatic rings. The van der Waals surface area contributed by atoms with Gasteiger partial charge in [-0.1, -0.05) is 32.8 Å². The molecule has 37 heavy (non-hydrogen) atoms. The Kier molecular flexibility index (Phi) is 10.9. The quantitative estimate of drug-likeness (QED) is 0.295. The molecule has 1 fully saturated rings. The summed E-state index contributed by atoms with van der Waals surface area (Å²) in [5.74, 6) is 7.43. The van der Waals surface area contributed by atoms with Gasteiger partial charge in [0.2, 0.25) is 5.95 Å². The predicted octanol–water partition coefficient (Wildman–Crippen LogP) is 5.37. The van der Waals surface area contributed by atoms with Crippen molar-refractivity contribution in [2.75, 3.05) is 47.9 Å². The number of carbonyl (C=O) groups excluding carboxylic acids is 1. The molecule has 1 aromatic heterocycles. The van der Waals surface area contributed by atoms with Gasteiger partial charge >= 0.3 is 0 Å². The van der Waals surface area contributed by atoms with Crippen molar-refractivity contribution in [1.29, 1.82) is 0 Å². The third-order valence-corrected chi connectivity index (χ3v) is 7.05. The number of piperidine rings is 1. The fourth-order valence-corrected chi connectivity index (χ4v) is 4.61. The first kappa shape index (κ1) is 28.6. The number of nitrogens with zero attached hydrogens (tertiary/aromatic N) is 5. The van der Waals surface area contributed by atoms with E-state index in [0.717, 1.165) is 50.4 Å². The number of carbonyl (C=O) groups is 1. The first-order valence-electron chi connectivity index (χ1n) is 13.7. The van der Waals surface area contributed by atoms with Crippen LogP contribution in [0.2, 0.25) is 0 Å². The summed E-state index contributed by atoms with van der Waals surface area (Å²) in [5, 5.41) is 4.78. The Balaban J connectivity index is 1.84. The van der Waals surface area contributed by atoms with Crippen molar-refractivity contribution in [1.82, 2.24) is 14.9 Å². The number of hydrazine groups is 1. The lowest BCUT2D eigenvalue weighted by molar-refractivity contribution is 0.0984. The van der Waals surface area contributed by atoms with Crippen LogP contribution in [0, 0.1) is 12.8 Å². The molecule has 1 unspecified atom stereocenters. The molecule has 1 aliphatic heterocycles. The minimum atomic E-state index is -0.0959. The minimum absolute atomic E-state index is 0.0959. The van der Waals surface area contributed by atoms with E-state index in [4.69, 9.17) is 5.84 Å². The number of aryl methyl sites for hydroxylation is 1. The molecule has 0 radical (unpaired) electrons. The smallest absolute Gasteiger partial charge is 0.261 e. The van der Waals surface area contributed by atoms with Gasteiger partial charge in [0, 0.05) is 37.7 Å². The van der Waals surface area contributed by atoms with E-state index >= 15 is 0 Å². The minimum Gasteiger partial charge on any atom is -0.354 e. The molecule has 2 aromatic rings. The fraction of sp³-hybridized carbons (Fsp3) is 0.552. The summed E-state index contributed by atoms with van der Waals surface area (Å²) in [6.07, 6.45) is 9.46. The van der Waals surface area contributed by atoms with Crippen molar-refractivity contribution >= 4 is 23.2 Å². The molecule has 0 saturated carbocycles. The summed E-state index contributed by atoms with van der Waals surface area (Å²) in [5.41, 5.74) is 4.05. The second kappa shape index (κ2) is 14.1. The van der Waals surface area contributed by atoms with Gasteiger partial charge in [0.25, 0.3) is 5.91 Å². The Hall–Kier alpha value is -2.97. The van der Waals surface area contributed by atoms with Crippen LogP contribution in [-0.2, 0) is 0 Å². The summed E-state index contributed by atoms with van der Waals surface area (Å²) in [6, 6.07) is 7.90. The van der Waals surface area contributed by atoms with E-state index in [9.17, 15) is 4.79 Å². The van der Waals surface area contributed by atoms with Gasteiger partial charge in [-0.05, 0) is 82.8 Å². The summed E-state index contributed by atoms with van der Waals surface area (Å²) < 4.78 is 0. The molecule has 0 bridgehead atoms. The molecule has 0 aliphatic carbocycles. The Morgan fingerprint density at radius 2 is 1.95 bits per heavy atom. The topological polar surface area (TPSA) is 90.6 Å². The zero-order valence-corrected chi connectivity index (χ0v) is 23.3. The largest absolute Gasteiger partial charge is 0.354 e. The normalized spacial score (nSPS) is 15.4. The second-order valence-corrected chi connectivity index (χ2v) is 10.2. The maximum absolute atomic E-state index is 13.8. The number of hydrogen-bond donors (Lipinski definition) is 2. The zero-order valence-electron chi connectivity index (χ0n) is 23.3. The van der Waals surface area contributed by atoms with Crippen molar-refractivity contribution in [2.24, 2.45) is 11.8 Å². The Labute approximate surface area is 222 Å². The third-order valence-electron chi connectivity index (χ3n) is 7.05. The maximum atomic E-state index is 13.8. The number of rotatable bonds is 12. The Morgan fingerprint density at radius 1 is 1.22 bits per heavy atom. The molecule has 0 spiro atoms. The average molecular weight is 508 g/mol. The molecular weight excluding hydrogens is 462 g/mol. The number of nitrogens with two attached hydrogens (primary N) is 1. The lowest BCUT2D eigenvalue weighted by Crippen LogP contribution is -2.34.